The van der Waals surface area contributed by atoms with E-state index < -0.39 is 47.2 Å². The summed E-state index contributed by atoms with van der Waals surface area (Å²) < 4.78 is 14.0. The number of fused-ring (bicyclic) bond motifs is 4. The molecule has 3 heterocycles. The molecule has 0 radical (unpaired) electrons. The van der Waals surface area contributed by atoms with E-state index in [1.807, 2.05) is 6.92 Å². The molecule has 0 bridgehead atoms. The number of imide groups is 1. The van der Waals surface area contributed by atoms with Crippen LogP contribution < -0.4 is 10.6 Å². The van der Waals surface area contributed by atoms with E-state index in [2.05, 4.69) is 5.32 Å². The van der Waals surface area contributed by atoms with Crippen LogP contribution >= 0.6 is 0 Å². The number of anilines is 1. The Kier molecular flexibility index (Phi) is 4.08. The van der Waals surface area contributed by atoms with Crippen molar-refractivity contribution in [3.63, 3.8) is 0 Å². The van der Waals surface area contributed by atoms with Crippen LogP contribution in [0.15, 0.2) is 18.2 Å². The lowest BCUT2D eigenvalue weighted by atomic mass is 9.76. The largest absolute Gasteiger partial charge is 0.387 e. The molecular weight excluding hydrogens is 353 g/mol. The first-order valence-corrected chi connectivity index (χ1v) is 9.33. The second-order valence-corrected chi connectivity index (χ2v) is 7.68. The van der Waals surface area contributed by atoms with Gasteiger partial charge in [0.2, 0.25) is 17.4 Å². The molecule has 4 N–H and O–H groups in total. The van der Waals surface area contributed by atoms with Gasteiger partial charge in [-0.3, -0.25) is 19.3 Å². The number of nitrogens with two attached hydrogens (primary N) is 1. The quantitative estimate of drug-likeness (QED) is 0.628. The minimum Gasteiger partial charge on any atom is -0.387 e. The third-order valence-corrected chi connectivity index (χ3v) is 6.15. The summed E-state index contributed by atoms with van der Waals surface area (Å²) in [6.07, 6.45) is 0.577. The first kappa shape index (κ1) is 18.1. The SMILES string of the molecule is CCCCN1C(=O)[C@@H]2[C@H]([C@@H](C)O)[NH2+][C@]3(C(=O)Nc4ccc(F)cc43)[C@@H]2C1=O. The molecule has 4 rings (SSSR count). The van der Waals surface area contributed by atoms with E-state index in [4.69, 9.17) is 0 Å². The molecule has 5 atom stereocenters. The van der Waals surface area contributed by atoms with Crippen LogP contribution in [0.2, 0.25) is 0 Å². The molecule has 3 amide bonds. The first-order valence-electron chi connectivity index (χ1n) is 9.33. The van der Waals surface area contributed by atoms with E-state index in [-0.39, 0.29) is 5.91 Å². The van der Waals surface area contributed by atoms with Gasteiger partial charge in [-0.2, -0.15) is 0 Å². The van der Waals surface area contributed by atoms with Gasteiger partial charge in [-0.1, -0.05) is 13.3 Å². The number of hydrogen-bond donors (Lipinski definition) is 3. The number of rotatable bonds is 4. The Bertz CT molecular complexity index is 842. The predicted octanol–water partition coefficient (Wildman–Crippen LogP) is -0.299. The third kappa shape index (κ3) is 2.29. The van der Waals surface area contributed by atoms with Gasteiger partial charge in [-0.25, -0.2) is 4.39 Å². The molecule has 8 heteroatoms. The normalized spacial score (nSPS) is 32.8. The highest BCUT2D eigenvalue weighted by atomic mass is 19.1. The van der Waals surface area contributed by atoms with Gasteiger partial charge >= 0.3 is 0 Å². The van der Waals surface area contributed by atoms with E-state index in [1.165, 1.54) is 23.1 Å². The number of aliphatic hydroxyl groups excluding tert-OH is 1. The summed E-state index contributed by atoms with van der Waals surface area (Å²) in [5, 5.41) is 14.6. The number of carbonyl (C=O) groups excluding carboxylic acids is 3. The van der Waals surface area contributed by atoms with Crippen molar-refractivity contribution in [2.24, 2.45) is 11.8 Å². The van der Waals surface area contributed by atoms with Crippen molar-refractivity contribution in [3.8, 4) is 0 Å². The first-order chi connectivity index (χ1) is 12.8. The van der Waals surface area contributed by atoms with Crippen molar-refractivity contribution in [2.45, 2.75) is 44.4 Å². The molecule has 2 fully saturated rings. The third-order valence-electron chi connectivity index (χ3n) is 6.15. The van der Waals surface area contributed by atoms with Crippen LogP contribution in [0, 0.1) is 17.7 Å². The molecule has 0 unspecified atom stereocenters. The number of carbonyl (C=O) groups is 3. The summed E-state index contributed by atoms with van der Waals surface area (Å²) in [6.45, 7) is 3.80. The molecule has 2 saturated heterocycles. The Balaban J connectivity index is 1.86. The summed E-state index contributed by atoms with van der Waals surface area (Å²) in [5.41, 5.74) is -0.628. The molecule has 0 aliphatic carbocycles. The van der Waals surface area contributed by atoms with Crippen LogP contribution in [0.25, 0.3) is 0 Å². The van der Waals surface area contributed by atoms with Gasteiger partial charge in [0.15, 0.2) is 0 Å². The van der Waals surface area contributed by atoms with E-state index in [0.717, 1.165) is 6.42 Å². The van der Waals surface area contributed by atoms with E-state index >= 15 is 0 Å². The molecule has 7 nitrogen and oxygen atoms in total. The number of likely N-dealkylation sites (tertiary alicyclic amines) is 1. The Morgan fingerprint density at radius 2 is 2.07 bits per heavy atom. The second kappa shape index (κ2) is 6.10. The molecule has 0 saturated carbocycles. The number of quaternary nitrogens is 1. The minimum atomic E-state index is -1.43. The highest BCUT2D eigenvalue weighted by molar-refractivity contribution is 6.13. The molecule has 1 aromatic carbocycles. The molecule has 3 aliphatic heterocycles. The number of halogens is 1. The van der Waals surface area contributed by atoms with Crippen LogP contribution in [0.5, 0.6) is 0 Å². The number of nitrogens with one attached hydrogen (secondary N) is 1. The summed E-state index contributed by atoms with van der Waals surface area (Å²) in [6, 6.07) is 3.30. The molecule has 1 aromatic rings. The van der Waals surface area contributed by atoms with Crippen molar-refractivity contribution in [1.82, 2.24) is 4.90 Å². The average molecular weight is 376 g/mol. The monoisotopic (exact) mass is 376 g/mol. The number of unbranched alkanes of at least 4 members (excludes halogenated alkanes) is 1. The summed E-state index contributed by atoms with van der Waals surface area (Å²) in [7, 11) is 0. The maximum absolute atomic E-state index is 14.0. The number of hydrogen-bond acceptors (Lipinski definition) is 4. The predicted molar refractivity (Wildman–Crippen MR) is 92.7 cm³/mol. The highest BCUT2D eigenvalue weighted by Gasteiger charge is 2.74. The standard InChI is InChI=1S/C19H22FN3O4/c1-3-4-7-23-16(25)13-14(17(23)26)19(22-15(13)9(2)24)11-8-10(20)5-6-12(11)21-18(19)27/h5-6,8-9,13-15,22,24H,3-4,7H2,1-2H3,(H,21,27)/p+1/t9-,13+,14+,15+,19+/m1/s1. The maximum atomic E-state index is 14.0. The van der Waals surface area contributed by atoms with E-state index in [0.29, 0.717) is 24.2 Å². The van der Waals surface area contributed by atoms with E-state index in [1.54, 1.807) is 12.2 Å². The Hall–Kier alpha value is -2.32. The second-order valence-electron chi connectivity index (χ2n) is 7.68. The van der Waals surface area contributed by atoms with Crippen molar-refractivity contribution in [2.75, 3.05) is 11.9 Å². The minimum absolute atomic E-state index is 0.293. The van der Waals surface area contributed by atoms with Crippen LogP contribution in [0.3, 0.4) is 0 Å². The van der Waals surface area contributed by atoms with Crippen molar-refractivity contribution in [3.05, 3.63) is 29.6 Å². The summed E-state index contributed by atoms with van der Waals surface area (Å²) >= 11 is 0. The molecule has 27 heavy (non-hydrogen) atoms. The Morgan fingerprint density at radius 3 is 2.74 bits per heavy atom. The van der Waals surface area contributed by atoms with Crippen LogP contribution in [-0.4, -0.2) is 46.4 Å². The fourth-order valence-electron chi connectivity index (χ4n) is 4.89. The van der Waals surface area contributed by atoms with Crippen molar-refractivity contribution < 1.29 is 29.2 Å². The van der Waals surface area contributed by atoms with E-state index in [9.17, 15) is 23.9 Å². The van der Waals surface area contributed by atoms with Crippen molar-refractivity contribution >= 4 is 23.4 Å². The smallest absolute Gasteiger partial charge is 0.291 e. The zero-order valence-corrected chi connectivity index (χ0v) is 15.2. The number of amides is 3. The molecule has 1 spiro atoms. The fraction of sp³-hybridized carbons (Fsp3) is 0.526. The summed E-state index contributed by atoms with van der Waals surface area (Å²) in [4.78, 5) is 40.5. The Labute approximate surface area is 155 Å². The molecular formula is C19H23FN3O4+. The van der Waals surface area contributed by atoms with Crippen LogP contribution in [-0.2, 0) is 19.9 Å². The highest BCUT2D eigenvalue weighted by Crippen LogP contribution is 2.49. The lowest BCUT2D eigenvalue weighted by Crippen LogP contribution is -3.00. The van der Waals surface area contributed by atoms with Gasteiger partial charge in [0.25, 0.3) is 5.91 Å². The number of benzene rings is 1. The topological polar surface area (TPSA) is 103 Å². The molecule has 144 valence electrons. The summed E-state index contributed by atoms with van der Waals surface area (Å²) in [5.74, 6) is -3.49. The zero-order chi connectivity index (χ0) is 19.5. The zero-order valence-electron chi connectivity index (χ0n) is 15.2. The fourth-order valence-corrected chi connectivity index (χ4v) is 4.89. The van der Waals surface area contributed by atoms with Crippen LogP contribution in [0.4, 0.5) is 10.1 Å². The number of aliphatic hydroxyl groups is 1. The van der Waals surface area contributed by atoms with Crippen molar-refractivity contribution in [1.29, 1.82) is 0 Å². The molecule has 3 aliphatic rings. The maximum Gasteiger partial charge on any atom is 0.291 e. The van der Waals surface area contributed by atoms with Gasteiger partial charge in [-0.05, 0) is 31.5 Å². The lowest BCUT2D eigenvalue weighted by molar-refractivity contribution is -0.738. The van der Waals surface area contributed by atoms with Gasteiger partial charge in [-0.15, -0.1) is 0 Å². The average Bonchev–Trinajstić information content (AvgIpc) is 3.20. The van der Waals surface area contributed by atoms with Gasteiger partial charge < -0.3 is 15.7 Å². The van der Waals surface area contributed by atoms with Gasteiger partial charge in [0.1, 0.15) is 29.8 Å². The molecule has 0 aromatic heterocycles. The van der Waals surface area contributed by atoms with Gasteiger partial charge in [0, 0.05) is 12.1 Å². The Morgan fingerprint density at radius 1 is 1.33 bits per heavy atom. The lowest BCUT2D eigenvalue weighted by Gasteiger charge is -2.27. The van der Waals surface area contributed by atoms with Gasteiger partial charge in [0.05, 0.1) is 5.69 Å². The van der Waals surface area contributed by atoms with Crippen LogP contribution in [0.1, 0.15) is 32.3 Å². The number of nitrogens with zero attached hydrogens (tertiary/aromatic N) is 1.